The molecule has 27 heavy (non-hydrogen) atoms. The van der Waals surface area contributed by atoms with Gasteiger partial charge in [-0.1, -0.05) is 29.8 Å². The summed E-state index contributed by atoms with van der Waals surface area (Å²) in [5, 5.41) is 14.2. The van der Waals surface area contributed by atoms with E-state index >= 15 is 0 Å². The van der Waals surface area contributed by atoms with Crippen molar-refractivity contribution in [3.05, 3.63) is 68.2 Å². The van der Waals surface area contributed by atoms with Crippen LogP contribution < -0.4 is 10.1 Å². The fourth-order valence-electron chi connectivity index (χ4n) is 3.29. The number of benzene rings is 2. The van der Waals surface area contributed by atoms with Gasteiger partial charge in [-0.05, 0) is 61.4 Å². The maximum atomic E-state index is 12.2. The van der Waals surface area contributed by atoms with Crippen molar-refractivity contribution in [2.45, 2.75) is 38.6 Å². The Morgan fingerprint density at radius 1 is 1.22 bits per heavy atom. The second kappa shape index (κ2) is 8.39. The van der Waals surface area contributed by atoms with Gasteiger partial charge in [0.1, 0.15) is 0 Å². The molecule has 1 N–H and O–H groups in total. The third-order valence-corrected chi connectivity index (χ3v) is 4.96. The van der Waals surface area contributed by atoms with Crippen LogP contribution in [0.2, 0.25) is 5.02 Å². The summed E-state index contributed by atoms with van der Waals surface area (Å²) in [5.74, 6) is -0.328. The van der Waals surface area contributed by atoms with E-state index in [1.807, 2.05) is 13.0 Å². The average Bonchev–Trinajstić information content (AvgIpc) is 2.66. The van der Waals surface area contributed by atoms with Gasteiger partial charge in [-0.15, -0.1) is 0 Å². The SMILES string of the molecule is CC(NC(=O)COc1ccc(Cl)cc1[N+](=O)[O-])c1ccc2c(c1)CCCC2. The summed E-state index contributed by atoms with van der Waals surface area (Å²) in [6.45, 7) is 1.60. The number of carbonyl (C=O) groups is 1. The number of amides is 1. The van der Waals surface area contributed by atoms with E-state index < -0.39 is 4.92 Å². The number of nitro benzene ring substituents is 1. The Labute approximate surface area is 162 Å². The van der Waals surface area contributed by atoms with E-state index in [-0.39, 0.29) is 35.0 Å². The molecular weight excluding hydrogens is 368 g/mol. The molecular formula is C20H21ClN2O4. The van der Waals surface area contributed by atoms with Gasteiger partial charge in [0.05, 0.1) is 11.0 Å². The van der Waals surface area contributed by atoms with Crippen molar-refractivity contribution in [3.8, 4) is 5.75 Å². The normalized spacial score (nSPS) is 14.1. The molecule has 3 rings (SSSR count). The van der Waals surface area contributed by atoms with Crippen LogP contribution in [0.25, 0.3) is 0 Å². The Bertz CT molecular complexity index is 869. The summed E-state index contributed by atoms with van der Waals surface area (Å²) >= 11 is 5.77. The van der Waals surface area contributed by atoms with Crippen molar-refractivity contribution in [3.63, 3.8) is 0 Å². The maximum absolute atomic E-state index is 12.2. The molecule has 2 aromatic carbocycles. The zero-order valence-electron chi connectivity index (χ0n) is 15.0. The van der Waals surface area contributed by atoms with Crippen molar-refractivity contribution >= 4 is 23.2 Å². The number of aryl methyl sites for hydroxylation is 2. The molecule has 0 aliphatic heterocycles. The Hall–Kier alpha value is -2.60. The van der Waals surface area contributed by atoms with Crippen LogP contribution in [0.4, 0.5) is 5.69 Å². The number of nitro groups is 1. The third kappa shape index (κ3) is 4.77. The molecule has 0 radical (unpaired) electrons. The molecule has 7 heteroatoms. The predicted octanol–water partition coefficient (Wildman–Crippen LogP) is 4.38. The summed E-state index contributed by atoms with van der Waals surface area (Å²) in [5.41, 5.74) is 3.52. The largest absolute Gasteiger partial charge is 0.477 e. The maximum Gasteiger partial charge on any atom is 0.312 e. The molecule has 1 aliphatic carbocycles. The minimum absolute atomic E-state index is 0.0148. The Kier molecular flexibility index (Phi) is 5.96. The summed E-state index contributed by atoms with van der Waals surface area (Å²) in [7, 11) is 0. The lowest BCUT2D eigenvalue weighted by Gasteiger charge is -2.20. The molecule has 0 fully saturated rings. The molecule has 1 aliphatic rings. The summed E-state index contributed by atoms with van der Waals surface area (Å²) in [6.07, 6.45) is 4.62. The lowest BCUT2D eigenvalue weighted by atomic mass is 9.89. The molecule has 0 bridgehead atoms. The number of nitrogens with zero attached hydrogens (tertiary/aromatic N) is 1. The first-order chi connectivity index (χ1) is 12.9. The van der Waals surface area contributed by atoms with E-state index in [1.54, 1.807) is 0 Å². The molecule has 1 amide bonds. The number of nitrogens with one attached hydrogen (secondary N) is 1. The lowest BCUT2D eigenvalue weighted by Crippen LogP contribution is -2.31. The van der Waals surface area contributed by atoms with Gasteiger partial charge in [0.2, 0.25) is 0 Å². The first kappa shape index (κ1) is 19.2. The highest BCUT2D eigenvalue weighted by atomic mass is 35.5. The first-order valence-corrected chi connectivity index (χ1v) is 9.29. The van der Waals surface area contributed by atoms with E-state index in [4.69, 9.17) is 16.3 Å². The molecule has 0 aromatic heterocycles. The molecule has 142 valence electrons. The van der Waals surface area contributed by atoms with Crippen LogP contribution in [0, 0.1) is 10.1 Å². The van der Waals surface area contributed by atoms with Gasteiger partial charge in [0, 0.05) is 11.1 Å². The van der Waals surface area contributed by atoms with Crippen LogP contribution in [-0.4, -0.2) is 17.4 Å². The second-order valence-electron chi connectivity index (χ2n) is 6.68. The fraction of sp³-hybridized carbons (Fsp3) is 0.350. The zero-order chi connectivity index (χ0) is 19.4. The quantitative estimate of drug-likeness (QED) is 0.588. The van der Waals surface area contributed by atoms with Crippen LogP contribution in [0.3, 0.4) is 0 Å². The smallest absolute Gasteiger partial charge is 0.312 e. The van der Waals surface area contributed by atoms with Crippen molar-refractivity contribution in [1.29, 1.82) is 0 Å². The first-order valence-electron chi connectivity index (χ1n) is 8.92. The molecule has 1 unspecified atom stereocenters. The molecule has 0 heterocycles. The molecule has 1 atom stereocenters. The number of rotatable bonds is 6. The van der Waals surface area contributed by atoms with Crippen molar-refractivity contribution < 1.29 is 14.5 Å². The highest BCUT2D eigenvalue weighted by molar-refractivity contribution is 6.30. The number of hydrogen-bond donors (Lipinski definition) is 1. The number of fused-ring (bicyclic) bond motifs is 1. The fourth-order valence-corrected chi connectivity index (χ4v) is 3.45. The van der Waals surface area contributed by atoms with Gasteiger partial charge in [-0.2, -0.15) is 0 Å². The van der Waals surface area contributed by atoms with E-state index in [0.29, 0.717) is 0 Å². The summed E-state index contributed by atoms with van der Waals surface area (Å²) in [6, 6.07) is 10.2. The number of halogens is 1. The standard InChI is InChI=1S/C20H21ClN2O4/c1-13(15-7-6-14-4-2-3-5-16(14)10-15)22-20(24)12-27-19-9-8-17(21)11-18(19)23(25)26/h6-11,13H,2-5,12H2,1H3,(H,22,24). The van der Waals surface area contributed by atoms with Gasteiger partial charge in [-0.25, -0.2) is 0 Å². The van der Waals surface area contributed by atoms with Crippen molar-refractivity contribution in [2.75, 3.05) is 6.61 Å². The van der Waals surface area contributed by atoms with Gasteiger partial charge in [-0.3, -0.25) is 14.9 Å². The molecule has 0 saturated carbocycles. The van der Waals surface area contributed by atoms with Gasteiger partial charge < -0.3 is 10.1 Å². The van der Waals surface area contributed by atoms with Gasteiger partial charge >= 0.3 is 5.69 Å². The highest BCUT2D eigenvalue weighted by Gasteiger charge is 2.18. The Balaban J connectivity index is 1.60. The number of ether oxygens (including phenoxy) is 1. The van der Waals surface area contributed by atoms with Crippen LogP contribution >= 0.6 is 11.6 Å². The lowest BCUT2D eigenvalue weighted by molar-refractivity contribution is -0.385. The highest BCUT2D eigenvalue weighted by Crippen LogP contribution is 2.30. The summed E-state index contributed by atoms with van der Waals surface area (Å²) in [4.78, 5) is 22.7. The van der Waals surface area contributed by atoms with Crippen molar-refractivity contribution in [2.24, 2.45) is 0 Å². The van der Waals surface area contributed by atoms with Gasteiger partial charge in [0.25, 0.3) is 5.91 Å². The van der Waals surface area contributed by atoms with Crippen molar-refractivity contribution in [1.82, 2.24) is 5.32 Å². The van der Waals surface area contributed by atoms with E-state index in [0.717, 1.165) is 18.4 Å². The topological polar surface area (TPSA) is 81.5 Å². The number of carbonyl (C=O) groups excluding carboxylic acids is 1. The molecule has 0 saturated heterocycles. The number of hydrogen-bond acceptors (Lipinski definition) is 4. The van der Waals surface area contributed by atoms with Crippen LogP contribution in [0.5, 0.6) is 5.75 Å². The van der Waals surface area contributed by atoms with E-state index in [1.165, 1.54) is 42.2 Å². The minimum Gasteiger partial charge on any atom is -0.477 e. The van der Waals surface area contributed by atoms with Crippen LogP contribution in [0.1, 0.15) is 42.5 Å². The zero-order valence-corrected chi connectivity index (χ0v) is 15.8. The Morgan fingerprint density at radius 3 is 2.70 bits per heavy atom. The van der Waals surface area contributed by atoms with Crippen LogP contribution in [0.15, 0.2) is 36.4 Å². The molecule has 6 nitrogen and oxygen atoms in total. The van der Waals surface area contributed by atoms with Gasteiger partial charge in [0.15, 0.2) is 12.4 Å². The van der Waals surface area contributed by atoms with E-state index in [9.17, 15) is 14.9 Å². The van der Waals surface area contributed by atoms with E-state index in [2.05, 4.69) is 17.4 Å². The van der Waals surface area contributed by atoms with Crippen LogP contribution in [-0.2, 0) is 17.6 Å². The monoisotopic (exact) mass is 388 g/mol. The molecule has 0 spiro atoms. The average molecular weight is 389 g/mol. The molecule has 2 aromatic rings. The predicted molar refractivity (Wildman–Crippen MR) is 103 cm³/mol. The Morgan fingerprint density at radius 2 is 1.96 bits per heavy atom. The minimum atomic E-state index is -0.588. The summed E-state index contributed by atoms with van der Waals surface area (Å²) < 4.78 is 5.33. The third-order valence-electron chi connectivity index (χ3n) is 4.73. The second-order valence-corrected chi connectivity index (χ2v) is 7.12.